The van der Waals surface area contributed by atoms with Crippen molar-refractivity contribution in [3.63, 3.8) is 0 Å². The Balaban J connectivity index is 1.82. The molecule has 26 heavy (non-hydrogen) atoms. The van der Waals surface area contributed by atoms with Gasteiger partial charge in [0.25, 0.3) is 0 Å². The summed E-state index contributed by atoms with van der Waals surface area (Å²) in [7, 11) is -7.47. The van der Waals surface area contributed by atoms with Crippen LogP contribution in [-0.4, -0.2) is 39.8 Å². The molecule has 9 heteroatoms. The van der Waals surface area contributed by atoms with Crippen LogP contribution in [0.5, 0.6) is 0 Å². The van der Waals surface area contributed by atoms with Crippen molar-refractivity contribution in [2.75, 3.05) is 13.1 Å². The Morgan fingerprint density at radius 3 is 1.96 bits per heavy atom. The molecule has 1 aliphatic carbocycles. The van der Waals surface area contributed by atoms with Crippen LogP contribution in [0.2, 0.25) is 0 Å². The van der Waals surface area contributed by atoms with Gasteiger partial charge in [0.15, 0.2) is 0 Å². The molecule has 0 atom stereocenters. The molecule has 1 N–H and O–H groups in total. The molecule has 1 saturated heterocycles. The van der Waals surface area contributed by atoms with Crippen molar-refractivity contribution >= 4 is 20.0 Å². The molecule has 0 bridgehead atoms. The topological polar surface area (TPSA) is 107 Å². The van der Waals surface area contributed by atoms with E-state index in [1.165, 1.54) is 28.6 Å². The first-order valence-electron chi connectivity index (χ1n) is 8.85. The van der Waals surface area contributed by atoms with Gasteiger partial charge in [0, 0.05) is 13.1 Å². The molecule has 0 aromatic heterocycles. The van der Waals surface area contributed by atoms with Gasteiger partial charge in [-0.15, -0.1) is 0 Å². The minimum absolute atomic E-state index is 0.0296. The Bertz CT molecular complexity index is 890. The molecule has 0 radical (unpaired) electrons. The van der Waals surface area contributed by atoms with Crippen LogP contribution >= 0.6 is 0 Å². The molecule has 0 amide bonds. The summed E-state index contributed by atoms with van der Waals surface area (Å²) in [5.41, 5.74) is -1.07. The highest BCUT2D eigenvalue weighted by Gasteiger charge is 2.37. The van der Waals surface area contributed by atoms with E-state index in [-0.39, 0.29) is 9.79 Å². The molecule has 2 aliphatic rings. The van der Waals surface area contributed by atoms with Crippen LogP contribution in [0.15, 0.2) is 34.1 Å². The Morgan fingerprint density at radius 2 is 1.42 bits per heavy atom. The smallest absolute Gasteiger partial charge is 0.207 e. The Hall–Kier alpha value is -1.47. The van der Waals surface area contributed by atoms with Crippen molar-refractivity contribution in [2.45, 2.75) is 60.3 Å². The molecular weight excluding hydrogens is 374 g/mol. The molecule has 1 aromatic carbocycles. The zero-order valence-corrected chi connectivity index (χ0v) is 16.2. The lowest BCUT2D eigenvalue weighted by molar-refractivity contribution is 0.338. The molecule has 1 saturated carbocycles. The predicted molar refractivity (Wildman–Crippen MR) is 96.2 cm³/mol. The molecule has 142 valence electrons. The van der Waals surface area contributed by atoms with Gasteiger partial charge in [-0.3, -0.25) is 0 Å². The lowest BCUT2D eigenvalue weighted by atomic mass is 9.84. The molecule has 1 aromatic rings. The first-order valence-corrected chi connectivity index (χ1v) is 11.8. The number of nitrogens with zero attached hydrogens (tertiary/aromatic N) is 2. The zero-order chi connectivity index (χ0) is 18.8. The summed E-state index contributed by atoms with van der Waals surface area (Å²) in [6, 6.07) is 7.35. The van der Waals surface area contributed by atoms with Crippen LogP contribution in [-0.2, 0) is 20.0 Å². The summed E-state index contributed by atoms with van der Waals surface area (Å²) in [6.45, 7) is 0.989. The quantitative estimate of drug-likeness (QED) is 0.817. The average Bonchev–Trinajstić information content (AvgIpc) is 3.18. The number of hydrogen-bond acceptors (Lipinski definition) is 5. The second-order valence-corrected chi connectivity index (χ2v) is 10.6. The van der Waals surface area contributed by atoms with Gasteiger partial charge >= 0.3 is 0 Å². The van der Waals surface area contributed by atoms with Gasteiger partial charge in [-0.1, -0.05) is 19.3 Å². The van der Waals surface area contributed by atoms with E-state index >= 15 is 0 Å². The fraction of sp³-hybridized carbons (Fsp3) is 0.588. The largest absolute Gasteiger partial charge is 0.243 e. The third-order valence-electron chi connectivity index (χ3n) is 5.09. The van der Waals surface area contributed by atoms with Gasteiger partial charge in [-0.2, -0.15) is 14.3 Å². The third kappa shape index (κ3) is 3.78. The summed E-state index contributed by atoms with van der Waals surface area (Å²) in [5.74, 6) is 0. The van der Waals surface area contributed by atoms with Crippen molar-refractivity contribution in [3.05, 3.63) is 24.3 Å². The SMILES string of the molecule is N#CC1(NS(=O)(=O)c2ccc(S(=O)(=O)N3CCCC3)cc2)CCCCC1. The second-order valence-electron chi connectivity index (χ2n) is 6.94. The summed E-state index contributed by atoms with van der Waals surface area (Å²) >= 11 is 0. The van der Waals surface area contributed by atoms with Crippen LogP contribution in [0.3, 0.4) is 0 Å². The fourth-order valence-corrected chi connectivity index (χ4v) is 6.47. The van der Waals surface area contributed by atoms with Crippen LogP contribution in [0.4, 0.5) is 0 Å². The molecule has 2 fully saturated rings. The first kappa shape index (κ1) is 19.3. The minimum Gasteiger partial charge on any atom is -0.207 e. The standard InChI is InChI=1S/C17H23N3O4S2/c18-14-17(10-2-1-3-11-17)19-25(21,22)15-6-8-16(9-7-15)26(23,24)20-12-4-5-13-20/h6-9,19H,1-5,10-13H2. The number of nitrogens with one attached hydrogen (secondary N) is 1. The number of rotatable bonds is 5. The number of sulfonamides is 2. The van der Waals surface area contributed by atoms with Crippen molar-refractivity contribution in [1.82, 2.24) is 9.03 Å². The van der Waals surface area contributed by atoms with Gasteiger partial charge in [-0.05, 0) is 49.9 Å². The van der Waals surface area contributed by atoms with Gasteiger partial charge in [0.2, 0.25) is 20.0 Å². The van der Waals surface area contributed by atoms with E-state index in [4.69, 9.17) is 0 Å². The molecular formula is C17H23N3O4S2. The highest BCUT2D eigenvalue weighted by Crippen LogP contribution is 2.30. The second kappa shape index (κ2) is 7.27. The van der Waals surface area contributed by atoms with Crippen LogP contribution in [0, 0.1) is 11.3 Å². The van der Waals surface area contributed by atoms with Crippen LogP contribution in [0.25, 0.3) is 0 Å². The Morgan fingerprint density at radius 1 is 0.885 bits per heavy atom. The van der Waals surface area contributed by atoms with E-state index in [0.717, 1.165) is 32.1 Å². The third-order valence-corrected chi connectivity index (χ3v) is 8.55. The van der Waals surface area contributed by atoms with E-state index < -0.39 is 25.6 Å². The van der Waals surface area contributed by atoms with Crippen molar-refractivity contribution in [3.8, 4) is 6.07 Å². The maximum atomic E-state index is 12.7. The monoisotopic (exact) mass is 397 g/mol. The lowest BCUT2D eigenvalue weighted by Gasteiger charge is -2.31. The van der Waals surface area contributed by atoms with E-state index in [0.29, 0.717) is 25.9 Å². The van der Waals surface area contributed by atoms with Crippen molar-refractivity contribution in [1.29, 1.82) is 5.26 Å². The summed E-state index contributed by atoms with van der Waals surface area (Å²) in [4.78, 5) is 0.0593. The minimum atomic E-state index is -3.89. The number of nitriles is 1. The fourth-order valence-electron chi connectivity index (χ4n) is 3.58. The van der Waals surface area contributed by atoms with Crippen molar-refractivity contribution in [2.24, 2.45) is 0 Å². The molecule has 0 spiro atoms. The predicted octanol–water partition coefficient (Wildman–Crippen LogP) is 1.98. The van der Waals surface area contributed by atoms with E-state index in [2.05, 4.69) is 10.8 Å². The molecule has 1 heterocycles. The average molecular weight is 398 g/mol. The maximum absolute atomic E-state index is 12.7. The molecule has 0 unspecified atom stereocenters. The summed E-state index contributed by atoms with van der Waals surface area (Å²) in [6.07, 6.45) is 5.27. The molecule has 1 aliphatic heterocycles. The highest BCUT2D eigenvalue weighted by atomic mass is 32.2. The Kier molecular flexibility index (Phi) is 5.40. The van der Waals surface area contributed by atoms with E-state index in [9.17, 15) is 22.1 Å². The van der Waals surface area contributed by atoms with Gasteiger partial charge < -0.3 is 0 Å². The van der Waals surface area contributed by atoms with Crippen molar-refractivity contribution < 1.29 is 16.8 Å². The van der Waals surface area contributed by atoms with Crippen LogP contribution in [0.1, 0.15) is 44.9 Å². The number of hydrogen-bond donors (Lipinski definition) is 1. The normalized spacial score (nSPS) is 21.3. The first-order chi connectivity index (χ1) is 12.3. The van der Waals surface area contributed by atoms with E-state index in [1.54, 1.807) is 0 Å². The molecule has 3 rings (SSSR count). The Labute approximate surface area is 155 Å². The van der Waals surface area contributed by atoms with Gasteiger partial charge in [0.05, 0.1) is 15.9 Å². The molecule has 7 nitrogen and oxygen atoms in total. The number of benzene rings is 1. The zero-order valence-electron chi connectivity index (χ0n) is 14.5. The van der Waals surface area contributed by atoms with E-state index in [1.807, 2.05) is 0 Å². The van der Waals surface area contributed by atoms with Gasteiger partial charge in [-0.25, -0.2) is 16.8 Å². The highest BCUT2D eigenvalue weighted by molar-refractivity contribution is 7.89. The summed E-state index contributed by atoms with van der Waals surface area (Å²) in [5, 5.41) is 9.46. The lowest BCUT2D eigenvalue weighted by Crippen LogP contribution is -2.48. The summed E-state index contributed by atoms with van der Waals surface area (Å²) < 4.78 is 54.3. The van der Waals surface area contributed by atoms with Crippen LogP contribution < -0.4 is 4.72 Å². The van der Waals surface area contributed by atoms with Gasteiger partial charge in [0.1, 0.15) is 5.54 Å². The maximum Gasteiger partial charge on any atom is 0.243 e.